The van der Waals surface area contributed by atoms with Gasteiger partial charge >= 0.3 is 0 Å². The predicted octanol–water partition coefficient (Wildman–Crippen LogP) is 9.36. The number of rotatable bonds is 4. The minimum atomic E-state index is 1.11. The average Bonchev–Trinajstić information content (AvgIpc) is 3.49. The summed E-state index contributed by atoms with van der Waals surface area (Å²) in [5, 5.41) is 2.14. The van der Waals surface area contributed by atoms with Gasteiger partial charge in [-0.3, -0.25) is 0 Å². The quantitative estimate of drug-likeness (QED) is 0.238. The maximum Gasteiger partial charge on any atom is 0.0449 e. The van der Waals surface area contributed by atoms with Crippen LogP contribution >= 0.6 is 61.3 Å². The molecule has 0 unspecified atom stereocenters. The molecule has 0 saturated heterocycles. The molecule has 0 fully saturated rings. The Morgan fingerprint density at radius 3 is 1.48 bits per heavy atom. The Labute approximate surface area is 182 Å². The van der Waals surface area contributed by atoms with Gasteiger partial charge in [-0.2, -0.15) is 0 Å². The molecule has 5 aromatic rings. The van der Waals surface area contributed by atoms with Crippen LogP contribution in [0.4, 0.5) is 0 Å². The Balaban J connectivity index is 1.42. The van der Waals surface area contributed by atoms with E-state index in [0.717, 1.165) is 4.47 Å². The summed E-state index contributed by atoms with van der Waals surface area (Å²) in [4.78, 5) is 9.37. The second kappa shape index (κ2) is 7.49. The zero-order valence-corrected chi connectivity index (χ0v) is 18.9. The van der Waals surface area contributed by atoms with Crippen molar-refractivity contribution in [2.24, 2.45) is 0 Å². The molecule has 132 valence electrons. The van der Waals surface area contributed by atoms with Gasteiger partial charge in [0, 0.05) is 38.6 Å². The maximum atomic E-state index is 3.51. The average molecular weight is 486 g/mol. The van der Waals surface area contributed by atoms with Gasteiger partial charge in [0.05, 0.1) is 0 Å². The number of hydrogen-bond acceptors (Lipinski definition) is 4. The van der Waals surface area contributed by atoms with Crippen LogP contribution in [0.3, 0.4) is 0 Å². The Bertz CT molecular complexity index is 1170. The number of thiophene rings is 4. The highest BCUT2D eigenvalue weighted by Gasteiger charge is 2.11. The van der Waals surface area contributed by atoms with Crippen LogP contribution in [0.2, 0.25) is 0 Å². The fourth-order valence-electron chi connectivity index (χ4n) is 2.86. The Hall–Kier alpha value is -1.50. The van der Waals surface area contributed by atoms with E-state index in [0.29, 0.717) is 0 Å². The van der Waals surface area contributed by atoms with Crippen LogP contribution in [0.1, 0.15) is 0 Å². The van der Waals surface area contributed by atoms with E-state index in [1.54, 1.807) is 11.3 Å². The van der Waals surface area contributed by atoms with Gasteiger partial charge in [-0.25, -0.2) is 0 Å². The van der Waals surface area contributed by atoms with Crippen molar-refractivity contribution in [3.63, 3.8) is 0 Å². The molecule has 27 heavy (non-hydrogen) atoms. The molecule has 1 aromatic carbocycles. The summed E-state index contributed by atoms with van der Waals surface area (Å²) < 4.78 is 1.11. The summed E-state index contributed by atoms with van der Waals surface area (Å²) in [5.41, 5.74) is 1.27. The van der Waals surface area contributed by atoms with Crippen molar-refractivity contribution in [1.29, 1.82) is 0 Å². The van der Waals surface area contributed by atoms with Crippen molar-refractivity contribution in [3.05, 3.63) is 82.6 Å². The molecule has 0 amide bonds. The Morgan fingerprint density at radius 2 is 0.963 bits per heavy atom. The molecular weight excluding hydrogens is 472 g/mol. The zero-order chi connectivity index (χ0) is 18.2. The van der Waals surface area contributed by atoms with Crippen molar-refractivity contribution in [1.82, 2.24) is 0 Å². The van der Waals surface area contributed by atoms with Crippen LogP contribution in [-0.2, 0) is 0 Å². The van der Waals surface area contributed by atoms with Crippen molar-refractivity contribution in [2.75, 3.05) is 0 Å². The van der Waals surface area contributed by atoms with Gasteiger partial charge in [-0.15, -0.1) is 45.3 Å². The summed E-state index contributed by atoms with van der Waals surface area (Å²) in [6, 6.07) is 26.3. The molecule has 0 bridgehead atoms. The largest absolute Gasteiger partial charge is 0.143 e. The molecule has 4 heterocycles. The monoisotopic (exact) mass is 484 g/mol. The highest BCUT2D eigenvalue weighted by atomic mass is 79.9. The Kier molecular flexibility index (Phi) is 4.88. The van der Waals surface area contributed by atoms with Gasteiger partial charge in [0.15, 0.2) is 0 Å². The number of halogens is 1. The van der Waals surface area contributed by atoms with Gasteiger partial charge in [-0.1, -0.05) is 34.1 Å². The second-order valence-electron chi connectivity index (χ2n) is 5.98. The lowest BCUT2D eigenvalue weighted by Crippen LogP contribution is -1.70. The standard InChI is InChI=1S/C22H13BrS4/c23-15-5-3-14(4-6-15)16-7-8-19(25-16)20-11-12-22(27-20)21-10-9-18(26-21)17-2-1-13-24-17/h1-13H. The minimum absolute atomic E-state index is 1.11. The molecule has 0 N–H and O–H groups in total. The van der Waals surface area contributed by atoms with Crippen molar-refractivity contribution in [2.45, 2.75) is 0 Å². The molecule has 0 radical (unpaired) electrons. The SMILES string of the molecule is Brc1ccc(-c2ccc(-c3ccc(-c4ccc(-c5cccs5)s4)s3)s2)cc1. The molecule has 0 nitrogen and oxygen atoms in total. The Morgan fingerprint density at radius 1 is 0.481 bits per heavy atom. The van der Waals surface area contributed by atoms with Gasteiger partial charge in [0.25, 0.3) is 0 Å². The summed E-state index contributed by atoms with van der Waals surface area (Å²) in [6.45, 7) is 0. The van der Waals surface area contributed by atoms with E-state index in [1.807, 2.05) is 34.0 Å². The topological polar surface area (TPSA) is 0 Å². The molecule has 0 aliphatic carbocycles. The fourth-order valence-corrected chi connectivity index (χ4v) is 7.17. The molecule has 0 aliphatic rings. The zero-order valence-electron chi connectivity index (χ0n) is 14.0. The molecule has 0 saturated carbocycles. The number of hydrogen-bond donors (Lipinski definition) is 0. The molecule has 0 spiro atoms. The summed E-state index contributed by atoms with van der Waals surface area (Å²) in [7, 11) is 0. The van der Waals surface area contributed by atoms with E-state index < -0.39 is 0 Å². The first kappa shape index (κ1) is 17.6. The van der Waals surface area contributed by atoms with Crippen LogP contribution in [0, 0.1) is 0 Å². The first-order valence-electron chi connectivity index (χ1n) is 8.36. The van der Waals surface area contributed by atoms with Crippen LogP contribution in [-0.4, -0.2) is 0 Å². The third-order valence-corrected chi connectivity index (χ3v) is 9.49. The van der Waals surface area contributed by atoms with Gasteiger partial charge in [-0.05, 0) is 65.5 Å². The van der Waals surface area contributed by atoms with E-state index in [4.69, 9.17) is 0 Å². The maximum absolute atomic E-state index is 3.51. The summed E-state index contributed by atoms with van der Waals surface area (Å²) in [6.07, 6.45) is 0. The lowest BCUT2D eigenvalue weighted by Gasteiger charge is -1.97. The van der Waals surface area contributed by atoms with Crippen LogP contribution in [0.15, 0.2) is 82.6 Å². The van der Waals surface area contributed by atoms with Crippen molar-refractivity contribution < 1.29 is 0 Å². The van der Waals surface area contributed by atoms with Crippen LogP contribution < -0.4 is 0 Å². The molecule has 0 atom stereocenters. The van der Waals surface area contributed by atoms with Crippen LogP contribution in [0.5, 0.6) is 0 Å². The first-order valence-corrected chi connectivity index (χ1v) is 12.5. The van der Waals surface area contributed by atoms with Gasteiger partial charge in [0.2, 0.25) is 0 Å². The van der Waals surface area contributed by atoms with Crippen molar-refractivity contribution >= 4 is 61.3 Å². The van der Waals surface area contributed by atoms with E-state index in [1.165, 1.54) is 39.7 Å². The van der Waals surface area contributed by atoms with E-state index >= 15 is 0 Å². The predicted molar refractivity (Wildman–Crippen MR) is 127 cm³/mol. The molecule has 5 rings (SSSR count). The summed E-state index contributed by atoms with van der Waals surface area (Å²) >= 11 is 10.9. The lowest BCUT2D eigenvalue weighted by molar-refractivity contribution is 1.65. The molecule has 4 aromatic heterocycles. The summed E-state index contributed by atoms with van der Waals surface area (Å²) in [5.74, 6) is 0. The fraction of sp³-hybridized carbons (Fsp3) is 0. The number of benzene rings is 1. The third kappa shape index (κ3) is 3.62. The highest BCUT2D eigenvalue weighted by molar-refractivity contribution is 9.10. The molecule has 5 heteroatoms. The smallest absolute Gasteiger partial charge is 0.0449 e. The third-order valence-electron chi connectivity index (χ3n) is 4.20. The highest BCUT2D eigenvalue weighted by Crippen LogP contribution is 2.43. The van der Waals surface area contributed by atoms with Gasteiger partial charge in [0.1, 0.15) is 0 Å². The minimum Gasteiger partial charge on any atom is -0.143 e. The van der Waals surface area contributed by atoms with E-state index in [2.05, 4.69) is 94.1 Å². The van der Waals surface area contributed by atoms with E-state index in [-0.39, 0.29) is 0 Å². The van der Waals surface area contributed by atoms with Crippen molar-refractivity contribution in [3.8, 4) is 39.7 Å². The molecule has 0 aliphatic heterocycles. The molecular formula is C22H13BrS4. The van der Waals surface area contributed by atoms with Gasteiger partial charge < -0.3 is 0 Å². The lowest BCUT2D eigenvalue weighted by atomic mass is 10.2. The van der Waals surface area contributed by atoms with E-state index in [9.17, 15) is 0 Å². The van der Waals surface area contributed by atoms with Crippen LogP contribution in [0.25, 0.3) is 39.7 Å². The second-order valence-corrected chi connectivity index (χ2v) is 11.1. The first-order chi connectivity index (χ1) is 13.3. The normalized spacial score (nSPS) is 11.1.